The van der Waals surface area contributed by atoms with Gasteiger partial charge in [0, 0.05) is 75.1 Å². The number of carbonyl (C=O) groups is 6. The van der Waals surface area contributed by atoms with E-state index in [1.54, 1.807) is 43.4 Å². The van der Waals surface area contributed by atoms with Crippen molar-refractivity contribution in [2.45, 2.75) is 44.7 Å². The normalized spacial score (nSPS) is 16.6. The van der Waals surface area contributed by atoms with Gasteiger partial charge >= 0.3 is 0 Å². The van der Waals surface area contributed by atoms with Crippen molar-refractivity contribution < 1.29 is 28.8 Å². The number of carbonyl (C=O) groups excluding carboxylic acids is 6. The van der Waals surface area contributed by atoms with Crippen LogP contribution in [0.15, 0.2) is 73.1 Å². The van der Waals surface area contributed by atoms with Gasteiger partial charge in [-0.15, -0.1) is 0 Å². The maximum absolute atomic E-state index is 13.4. The highest BCUT2D eigenvalue weighted by molar-refractivity contribution is 6.25. The van der Waals surface area contributed by atoms with Crippen LogP contribution in [0, 0.1) is 0 Å². The third-order valence-corrected chi connectivity index (χ3v) is 10.4. The SMILES string of the molecule is CN(C)C(=O)c1ccc(-c2c[nH]c3ncc(-c4ccc5c(c4)CCN(C(=O)CCCNc4cccc6c4C(=O)N(C4CCC(=O)NC4=O)C6=O)C5)nc23)cc1. The third kappa shape index (κ3) is 6.60. The van der Waals surface area contributed by atoms with Crippen LogP contribution in [-0.2, 0) is 27.3 Å². The molecule has 278 valence electrons. The van der Waals surface area contributed by atoms with Gasteiger partial charge in [0.25, 0.3) is 17.7 Å². The summed E-state index contributed by atoms with van der Waals surface area (Å²) in [4.78, 5) is 93.4. The number of piperidine rings is 1. The molecule has 3 aliphatic heterocycles. The largest absolute Gasteiger partial charge is 0.384 e. The molecule has 0 spiro atoms. The van der Waals surface area contributed by atoms with E-state index in [-0.39, 0.29) is 35.8 Å². The number of nitrogens with zero attached hydrogens (tertiary/aromatic N) is 5. The van der Waals surface area contributed by atoms with Gasteiger partial charge in [-0.1, -0.05) is 30.3 Å². The highest BCUT2D eigenvalue weighted by Gasteiger charge is 2.45. The van der Waals surface area contributed by atoms with E-state index in [4.69, 9.17) is 4.98 Å². The van der Waals surface area contributed by atoms with Crippen molar-refractivity contribution in [2.24, 2.45) is 0 Å². The van der Waals surface area contributed by atoms with Crippen molar-refractivity contribution in [2.75, 3.05) is 32.5 Å². The zero-order chi connectivity index (χ0) is 38.4. The quantitative estimate of drug-likeness (QED) is 0.148. The van der Waals surface area contributed by atoms with Gasteiger partial charge in [0.2, 0.25) is 17.7 Å². The van der Waals surface area contributed by atoms with Crippen LogP contribution in [-0.4, -0.2) is 98.3 Å². The molecule has 14 nitrogen and oxygen atoms in total. The van der Waals surface area contributed by atoms with Gasteiger partial charge < -0.3 is 20.1 Å². The maximum Gasteiger partial charge on any atom is 0.264 e. The molecule has 5 aromatic rings. The van der Waals surface area contributed by atoms with Crippen LogP contribution in [0.2, 0.25) is 0 Å². The lowest BCUT2D eigenvalue weighted by atomic mass is 9.96. The first kappa shape index (κ1) is 35.3. The molecule has 55 heavy (non-hydrogen) atoms. The Hall–Kier alpha value is -6.70. The lowest BCUT2D eigenvalue weighted by Gasteiger charge is -2.29. The number of nitrogens with one attached hydrogen (secondary N) is 3. The van der Waals surface area contributed by atoms with Crippen molar-refractivity contribution in [3.63, 3.8) is 0 Å². The molecule has 1 atom stereocenters. The predicted molar refractivity (Wildman–Crippen MR) is 203 cm³/mol. The average molecular weight is 739 g/mol. The molecule has 1 fully saturated rings. The highest BCUT2D eigenvalue weighted by Crippen LogP contribution is 2.33. The molecule has 0 aliphatic carbocycles. The number of amides is 6. The van der Waals surface area contributed by atoms with Crippen molar-refractivity contribution in [1.29, 1.82) is 0 Å². The first-order valence-corrected chi connectivity index (χ1v) is 18.2. The maximum atomic E-state index is 13.4. The van der Waals surface area contributed by atoms with Gasteiger partial charge in [0.1, 0.15) is 11.6 Å². The Bertz CT molecular complexity index is 2420. The van der Waals surface area contributed by atoms with E-state index in [0.717, 1.165) is 43.9 Å². The van der Waals surface area contributed by atoms with Crippen molar-refractivity contribution in [1.82, 2.24) is 35.0 Å². The summed E-state index contributed by atoms with van der Waals surface area (Å²) in [5.41, 5.74) is 8.59. The van der Waals surface area contributed by atoms with Gasteiger partial charge in [-0.05, 0) is 66.3 Å². The standard InChI is InChI=1S/C41H38N8O6/c1-47(2)39(53)24-10-8-23(9-11-24)29-20-43-37-36(29)45-31(21-44-37)26-12-13-27-22-48(18-16-25(27)19-26)34(51)7-4-17-42-30-6-3-5-28-35(30)41(55)49(40(28)54)32-14-15-33(50)46-38(32)52/h3,5-6,8-13,19-21,32,42H,4,7,14-18,22H2,1-2H3,(H,43,44)(H,46,50,52). The fourth-order valence-electron chi connectivity index (χ4n) is 7.51. The molecule has 6 amide bonds. The number of benzene rings is 3. The minimum atomic E-state index is -1.04. The molecule has 1 unspecified atom stereocenters. The number of hydrogen-bond donors (Lipinski definition) is 3. The molecule has 0 saturated carbocycles. The second-order valence-corrected chi connectivity index (χ2v) is 14.2. The molecule has 8 rings (SSSR count). The van der Waals surface area contributed by atoms with E-state index in [2.05, 4.69) is 26.7 Å². The lowest BCUT2D eigenvalue weighted by molar-refractivity contribution is -0.136. The fraction of sp³-hybridized carbons (Fsp3) is 0.268. The Morgan fingerprint density at radius 2 is 1.73 bits per heavy atom. The molecule has 14 heteroatoms. The topological polar surface area (TPSA) is 178 Å². The third-order valence-electron chi connectivity index (χ3n) is 10.4. The van der Waals surface area contributed by atoms with E-state index in [9.17, 15) is 28.8 Å². The van der Waals surface area contributed by atoms with E-state index in [1.807, 2.05) is 47.5 Å². The first-order chi connectivity index (χ1) is 26.6. The Labute approximate surface area is 315 Å². The minimum Gasteiger partial charge on any atom is -0.384 e. The van der Waals surface area contributed by atoms with Crippen LogP contribution >= 0.6 is 0 Å². The van der Waals surface area contributed by atoms with Crippen molar-refractivity contribution >= 4 is 52.3 Å². The molecule has 0 radical (unpaired) electrons. The summed E-state index contributed by atoms with van der Waals surface area (Å²) in [5, 5.41) is 5.42. The number of imide groups is 2. The molecule has 2 aromatic heterocycles. The van der Waals surface area contributed by atoms with Gasteiger partial charge in [0.15, 0.2) is 5.65 Å². The van der Waals surface area contributed by atoms with E-state index < -0.39 is 29.7 Å². The summed E-state index contributed by atoms with van der Waals surface area (Å²) in [6, 6.07) is 17.5. The zero-order valence-corrected chi connectivity index (χ0v) is 30.3. The van der Waals surface area contributed by atoms with Crippen LogP contribution < -0.4 is 10.6 Å². The molecule has 1 saturated heterocycles. The Morgan fingerprint density at radius 1 is 0.927 bits per heavy atom. The van der Waals surface area contributed by atoms with Gasteiger partial charge in [0.05, 0.1) is 23.0 Å². The molecular formula is C41H38N8O6. The van der Waals surface area contributed by atoms with Crippen molar-refractivity contribution in [3.05, 3.63) is 101 Å². The summed E-state index contributed by atoms with van der Waals surface area (Å²) in [5.74, 6) is -2.25. The Balaban J connectivity index is 0.882. The Morgan fingerprint density at radius 3 is 2.51 bits per heavy atom. The molecule has 3 aliphatic rings. The molecule has 3 N–H and O–H groups in total. The summed E-state index contributed by atoms with van der Waals surface area (Å²) in [6.45, 7) is 1.48. The average Bonchev–Trinajstić information content (AvgIpc) is 3.73. The van der Waals surface area contributed by atoms with Crippen LogP contribution in [0.25, 0.3) is 33.5 Å². The number of fused-ring (bicyclic) bond motifs is 3. The number of anilines is 1. The minimum absolute atomic E-state index is 0.0283. The van der Waals surface area contributed by atoms with Crippen LogP contribution in [0.4, 0.5) is 5.69 Å². The second-order valence-electron chi connectivity index (χ2n) is 14.2. The number of H-pyrrole nitrogens is 1. The van der Waals surface area contributed by atoms with E-state index >= 15 is 0 Å². The summed E-state index contributed by atoms with van der Waals surface area (Å²) >= 11 is 0. The number of hydrogen-bond acceptors (Lipinski definition) is 9. The number of aromatic amines is 1. The summed E-state index contributed by atoms with van der Waals surface area (Å²) in [6.07, 6.45) is 5.27. The second kappa shape index (κ2) is 14.3. The smallest absolute Gasteiger partial charge is 0.264 e. The first-order valence-electron chi connectivity index (χ1n) is 18.2. The van der Waals surface area contributed by atoms with Gasteiger partial charge in [-0.25, -0.2) is 9.97 Å². The van der Waals surface area contributed by atoms with Gasteiger partial charge in [-0.3, -0.25) is 39.0 Å². The molecule has 5 heterocycles. The number of aromatic nitrogens is 3. The summed E-state index contributed by atoms with van der Waals surface area (Å²) in [7, 11) is 3.45. The number of rotatable bonds is 9. The monoisotopic (exact) mass is 738 g/mol. The van der Waals surface area contributed by atoms with Crippen molar-refractivity contribution in [3.8, 4) is 22.4 Å². The van der Waals surface area contributed by atoms with Gasteiger partial charge in [-0.2, -0.15) is 0 Å². The highest BCUT2D eigenvalue weighted by atomic mass is 16.2. The predicted octanol–water partition coefficient (Wildman–Crippen LogP) is 4.17. The Kier molecular flexibility index (Phi) is 9.17. The molecule has 3 aromatic carbocycles. The summed E-state index contributed by atoms with van der Waals surface area (Å²) < 4.78 is 0. The van der Waals surface area contributed by atoms with Crippen LogP contribution in [0.5, 0.6) is 0 Å². The molecule has 0 bridgehead atoms. The van der Waals surface area contributed by atoms with Crippen LogP contribution in [0.1, 0.15) is 67.9 Å². The van der Waals surface area contributed by atoms with E-state index in [0.29, 0.717) is 55.8 Å². The van der Waals surface area contributed by atoms with Crippen LogP contribution in [0.3, 0.4) is 0 Å². The zero-order valence-electron chi connectivity index (χ0n) is 30.3. The fourth-order valence-corrected chi connectivity index (χ4v) is 7.51. The lowest BCUT2D eigenvalue weighted by Crippen LogP contribution is -2.54. The van der Waals surface area contributed by atoms with E-state index in [1.165, 1.54) is 0 Å². The molecular weight excluding hydrogens is 701 g/mol.